The molecule has 1 unspecified atom stereocenters. The largest absolute Gasteiger partial charge is 0.481 e. The molecule has 0 aliphatic carbocycles. The molecule has 1 N–H and O–H groups in total. The number of hydrogen-bond acceptors (Lipinski definition) is 3. The standard InChI is InChI=1S/C20H22N2O3/c23-19(15-21-13-7-8-16(14-21)20(24)25)22(17-9-3-1-4-10-17)18-11-5-2-6-12-18/h1-6,9-12,16H,7-8,13-15H2,(H,24,25). The fourth-order valence-corrected chi connectivity index (χ4v) is 3.25. The van der Waals surface area contributed by atoms with Crippen LogP contribution in [0.25, 0.3) is 0 Å². The van der Waals surface area contributed by atoms with Crippen LogP contribution < -0.4 is 4.90 Å². The van der Waals surface area contributed by atoms with E-state index in [1.54, 1.807) is 4.90 Å². The summed E-state index contributed by atoms with van der Waals surface area (Å²) in [6, 6.07) is 19.1. The van der Waals surface area contributed by atoms with Crippen LogP contribution in [0.4, 0.5) is 11.4 Å². The molecule has 130 valence electrons. The summed E-state index contributed by atoms with van der Waals surface area (Å²) in [4.78, 5) is 27.9. The number of amides is 1. The van der Waals surface area contributed by atoms with Crippen LogP contribution in [0.2, 0.25) is 0 Å². The Morgan fingerprint density at radius 1 is 1.00 bits per heavy atom. The van der Waals surface area contributed by atoms with Gasteiger partial charge in [0.1, 0.15) is 0 Å². The number of carbonyl (C=O) groups is 2. The molecule has 1 saturated heterocycles. The van der Waals surface area contributed by atoms with Crippen molar-refractivity contribution in [2.24, 2.45) is 5.92 Å². The van der Waals surface area contributed by atoms with Gasteiger partial charge in [0.25, 0.3) is 0 Å². The van der Waals surface area contributed by atoms with Gasteiger partial charge in [0.2, 0.25) is 5.91 Å². The molecule has 0 radical (unpaired) electrons. The van der Waals surface area contributed by atoms with Gasteiger partial charge in [0, 0.05) is 17.9 Å². The Labute approximate surface area is 147 Å². The summed E-state index contributed by atoms with van der Waals surface area (Å²) in [6.45, 7) is 1.40. The minimum atomic E-state index is -0.778. The smallest absolute Gasteiger partial charge is 0.307 e. The number of hydrogen-bond donors (Lipinski definition) is 1. The van der Waals surface area contributed by atoms with Crippen LogP contribution in [-0.2, 0) is 9.59 Å². The van der Waals surface area contributed by atoms with Crippen molar-refractivity contribution in [3.63, 3.8) is 0 Å². The van der Waals surface area contributed by atoms with E-state index in [-0.39, 0.29) is 18.4 Å². The van der Waals surface area contributed by atoms with Gasteiger partial charge in [-0.1, -0.05) is 36.4 Å². The minimum absolute atomic E-state index is 0.0524. The van der Waals surface area contributed by atoms with Gasteiger partial charge in [0.15, 0.2) is 0 Å². The van der Waals surface area contributed by atoms with E-state index < -0.39 is 5.97 Å². The second-order valence-corrected chi connectivity index (χ2v) is 6.31. The highest BCUT2D eigenvalue weighted by atomic mass is 16.4. The molecule has 25 heavy (non-hydrogen) atoms. The van der Waals surface area contributed by atoms with Gasteiger partial charge in [-0.3, -0.25) is 19.4 Å². The molecule has 2 aromatic carbocycles. The summed E-state index contributed by atoms with van der Waals surface area (Å²) in [5.41, 5.74) is 1.62. The molecule has 5 nitrogen and oxygen atoms in total. The topological polar surface area (TPSA) is 60.9 Å². The zero-order valence-corrected chi connectivity index (χ0v) is 14.0. The number of para-hydroxylation sites is 2. The third-order valence-electron chi connectivity index (χ3n) is 4.49. The van der Waals surface area contributed by atoms with E-state index in [0.717, 1.165) is 24.3 Å². The molecule has 0 aromatic heterocycles. The first-order valence-corrected chi connectivity index (χ1v) is 8.53. The maximum atomic E-state index is 13.0. The van der Waals surface area contributed by atoms with Crippen molar-refractivity contribution >= 4 is 23.3 Å². The van der Waals surface area contributed by atoms with Crippen molar-refractivity contribution in [1.29, 1.82) is 0 Å². The predicted molar refractivity (Wildman–Crippen MR) is 96.8 cm³/mol. The highest BCUT2D eigenvalue weighted by Gasteiger charge is 2.28. The average Bonchev–Trinajstić information content (AvgIpc) is 2.64. The average molecular weight is 338 g/mol. The Morgan fingerprint density at radius 2 is 1.56 bits per heavy atom. The Bertz CT molecular complexity index is 679. The summed E-state index contributed by atoms with van der Waals surface area (Å²) >= 11 is 0. The molecule has 1 fully saturated rings. The van der Waals surface area contributed by atoms with Crippen molar-refractivity contribution in [1.82, 2.24) is 4.90 Å². The fourth-order valence-electron chi connectivity index (χ4n) is 3.25. The molecule has 1 atom stereocenters. The first-order chi connectivity index (χ1) is 12.1. The van der Waals surface area contributed by atoms with E-state index in [0.29, 0.717) is 13.0 Å². The zero-order chi connectivity index (χ0) is 17.6. The van der Waals surface area contributed by atoms with Gasteiger partial charge in [-0.2, -0.15) is 0 Å². The molecule has 0 saturated carbocycles. The highest BCUT2D eigenvalue weighted by Crippen LogP contribution is 2.26. The lowest BCUT2D eigenvalue weighted by Crippen LogP contribution is -2.44. The molecule has 1 heterocycles. The number of nitrogens with zero attached hydrogens (tertiary/aromatic N) is 2. The molecule has 3 rings (SSSR count). The summed E-state index contributed by atoms with van der Waals surface area (Å²) in [5.74, 6) is -1.22. The SMILES string of the molecule is O=C(O)C1CCCN(CC(=O)N(c2ccccc2)c2ccccc2)C1. The van der Waals surface area contributed by atoms with Crippen molar-refractivity contribution in [2.45, 2.75) is 12.8 Å². The van der Waals surface area contributed by atoms with E-state index in [9.17, 15) is 14.7 Å². The summed E-state index contributed by atoms with van der Waals surface area (Å²) in [5, 5.41) is 9.23. The molecule has 5 heteroatoms. The first kappa shape index (κ1) is 17.2. The number of piperidine rings is 1. The van der Waals surface area contributed by atoms with Gasteiger partial charge in [-0.05, 0) is 43.7 Å². The van der Waals surface area contributed by atoms with Crippen LogP contribution in [0, 0.1) is 5.92 Å². The van der Waals surface area contributed by atoms with Crippen LogP contribution >= 0.6 is 0 Å². The second-order valence-electron chi connectivity index (χ2n) is 6.31. The number of carbonyl (C=O) groups excluding carboxylic acids is 1. The van der Waals surface area contributed by atoms with Gasteiger partial charge in [0.05, 0.1) is 12.5 Å². The van der Waals surface area contributed by atoms with Crippen molar-refractivity contribution < 1.29 is 14.7 Å². The monoisotopic (exact) mass is 338 g/mol. The number of benzene rings is 2. The van der Waals surface area contributed by atoms with E-state index in [1.165, 1.54) is 0 Å². The van der Waals surface area contributed by atoms with E-state index in [1.807, 2.05) is 65.6 Å². The van der Waals surface area contributed by atoms with Crippen LogP contribution in [0.3, 0.4) is 0 Å². The third-order valence-corrected chi connectivity index (χ3v) is 4.49. The molecular weight excluding hydrogens is 316 g/mol. The van der Waals surface area contributed by atoms with E-state index in [2.05, 4.69) is 0 Å². The number of carboxylic acid groups (broad SMARTS) is 1. The first-order valence-electron chi connectivity index (χ1n) is 8.53. The molecule has 0 bridgehead atoms. The zero-order valence-electron chi connectivity index (χ0n) is 14.0. The van der Waals surface area contributed by atoms with Gasteiger partial charge in [-0.15, -0.1) is 0 Å². The highest BCUT2D eigenvalue weighted by molar-refractivity contribution is 6.01. The predicted octanol–water partition coefficient (Wildman–Crippen LogP) is 3.15. The Balaban J connectivity index is 1.79. The lowest BCUT2D eigenvalue weighted by Gasteiger charge is -2.32. The number of anilines is 2. The Hall–Kier alpha value is -2.66. The molecule has 1 aliphatic rings. The Morgan fingerprint density at radius 3 is 2.08 bits per heavy atom. The van der Waals surface area contributed by atoms with Gasteiger partial charge >= 0.3 is 5.97 Å². The Kier molecular flexibility index (Phi) is 5.46. The summed E-state index contributed by atoms with van der Waals surface area (Å²) in [7, 11) is 0. The van der Waals surface area contributed by atoms with Gasteiger partial charge < -0.3 is 5.11 Å². The normalized spacial score (nSPS) is 17.8. The lowest BCUT2D eigenvalue weighted by molar-refractivity contribution is -0.144. The van der Waals surface area contributed by atoms with Crippen LogP contribution in [0.15, 0.2) is 60.7 Å². The maximum Gasteiger partial charge on any atom is 0.307 e. The van der Waals surface area contributed by atoms with E-state index >= 15 is 0 Å². The molecule has 1 aliphatic heterocycles. The van der Waals surface area contributed by atoms with Crippen molar-refractivity contribution in [2.75, 3.05) is 24.5 Å². The number of carboxylic acids is 1. The maximum absolute atomic E-state index is 13.0. The summed E-state index contributed by atoms with van der Waals surface area (Å²) in [6.07, 6.45) is 1.49. The number of aliphatic carboxylic acids is 1. The van der Waals surface area contributed by atoms with Crippen molar-refractivity contribution in [3.8, 4) is 0 Å². The fraction of sp³-hybridized carbons (Fsp3) is 0.300. The number of rotatable bonds is 5. The molecule has 2 aromatic rings. The van der Waals surface area contributed by atoms with E-state index in [4.69, 9.17) is 0 Å². The number of likely N-dealkylation sites (tertiary alicyclic amines) is 1. The third kappa shape index (κ3) is 4.25. The van der Waals surface area contributed by atoms with Gasteiger partial charge in [-0.25, -0.2) is 0 Å². The van der Waals surface area contributed by atoms with Crippen LogP contribution in [0.1, 0.15) is 12.8 Å². The molecule has 0 spiro atoms. The molecule has 1 amide bonds. The van der Waals surface area contributed by atoms with Crippen molar-refractivity contribution in [3.05, 3.63) is 60.7 Å². The minimum Gasteiger partial charge on any atom is -0.481 e. The summed E-state index contributed by atoms with van der Waals surface area (Å²) < 4.78 is 0. The van der Waals surface area contributed by atoms with Crippen LogP contribution in [-0.4, -0.2) is 41.5 Å². The second kappa shape index (κ2) is 7.94. The van der Waals surface area contributed by atoms with Crippen LogP contribution in [0.5, 0.6) is 0 Å². The molecular formula is C20H22N2O3. The quantitative estimate of drug-likeness (QED) is 0.910. The lowest BCUT2D eigenvalue weighted by atomic mass is 9.98.